The van der Waals surface area contributed by atoms with Gasteiger partial charge < -0.3 is 14.5 Å². The highest BCUT2D eigenvalue weighted by molar-refractivity contribution is 7.89. The van der Waals surface area contributed by atoms with Gasteiger partial charge in [-0.3, -0.25) is 9.69 Å². The van der Waals surface area contributed by atoms with E-state index in [4.69, 9.17) is 4.74 Å². The number of piperidine rings is 1. The van der Waals surface area contributed by atoms with Crippen molar-refractivity contribution < 1.29 is 17.9 Å². The number of hydrogen-bond acceptors (Lipinski definition) is 6. The summed E-state index contributed by atoms with van der Waals surface area (Å²) in [5.74, 6) is 0.301. The van der Waals surface area contributed by atoms with Gasteiger partial charge in [-0.15, -0.1) is 0 Å². The predicted molar refractivity (Wildman–Crippen MR) is 133 cm³/mol. The highest BCUT2D eigenvalue weighted by atomic mass is 32.2. The number of benzene rings is 1. The van der Waals surface area contributed by atoms with E-state index in [1.165, 1.54) is 37.3 Å². The van der Waals surface area contributed by atoms with Crippen LogP contribution in [-0.4, -0.2) is 106 Å². The number of likely N-dealkylation sites (tertiary alicyclic amines) is 1. The molecule has 3 heterocycles. The van der Waals surface area contributed by atoms with E-state index in [2.05, 4.69) is 9.80 Å². The molecule has 8 nitrogen and oxygen atoms in total. The fourth-order valence-corrected chi connectivity index (χ4v) is 6.70. The van der Waals surface area contributed by atoms with Crippen LogP contribution in [0.5, 0.6) is 5.75 Å². The lowest BCUT2D eigenvalue weighted by molar-refractivity contribution is -0.127. The van der Waals surface area contributed by atoms with Crippen molar-refractivity contribution in [2.45, 2.75) is 37.0 Å². The van der Waals surface area contributed by atoms with Gasteiger partial charge in [0.05, 0.1) is 7.11 Å². The Labute approximate surface area is 204 Å². The van der Waals surface area contributed by atoms with Gasteiger partial charge in [0, 0.05) is 58.4 Å². The standard InChI is InChI=1S/C25H38N4O4S/c1-33-23-9-7-22(21-24(23)34(31,32)29-13-3-2-4-14-29)8-10-25(30)28-19-17-27(18-20-28)16-15-26-11-5-6-12-26/h7-10,21H,2-6,11-20H2,1H3/b10-8+. The number of hydrogen-bond donors (Lipinski definition) is 0. The maximum absolute atomic E-state index is 13.2. The molecule has 0 spiro atoms. The number of sulfonamides is 1. The minimum Gasteiger partial charge on any atom is -0.495 e. The first-order chi connectivity index (χ1) is 16.5. The van der Waals surface area contributed by atoms with Crippen LogP contribution in [-0.2, 0) is 14.8 Å². The molecule has 0 saturated carbocycles. The average molecular weight is 491 g/mol. The summed E-state index contributed by atoms with van der Waals surface area (Å²) in [5, 5.41) is 0. The van der Waals surface area contributed by atoms with E-state index in [0.29, 0.717) is 24.4 Å². The smallest absolute Gasteiger partial charge is 0.246 e. The molecule has 0 N–H and O–H groups in total. The molecule has 3 saturated heterocycles. The largest absolute Gasteiger partial charge is 0.495 e. The van der Waals surface area contributed by atoms with Gasteiger partial charge in [-0.1, -0.05) is 12.5 Å². The first-order valence-corrected chi connectivity index (χ1v) is 14.0. The summed E-state index contributed by atoms with van der Waals surface area (Å²) in [6.45, 7) is 8.93. The molecular formula is C25H38N4O4S. The molecule has 0 radical (unpaired) electrons. The minimum atomic E-state index is -3.63. The number of rotatable bonds is 8. The van der Waals surface area contributed by atoms with Crippen LogP contribution in [0.15, 0.2) is 29.2 Å². The van der Waals surface area contributed by atoms with Crippen molar-refractivity contribution >= 4 is 22.0 Å². The molecule has 1 amide bonds. The van der Waals surface area contributed by atoms with E-state index < -0.39 is 10.0 Å². The van der Waals surface area contributed by atoms with Crippen molar-refractivity contribution in [2.75, 3.05) is 72.6 Å². The molecule has 9 heteroatoms. The summed E-state index contributed by atoms with van der Waals surface area (Å²) in [6, 6.07) is 5.07. The topological polar surface area (TPSA) is 73.4 Å². The van der Waals surface area contributed by atoms with E-state index in [0.717, 1.165) is 58.5 Å². The third kappa shape index (κ3) is 6.19. The van der Waals surface area contributed by atoms with Gasteiger partial charge in [0.25, 0.3) is 0 Å². The number of ether oxygens (including phenoxy) is 1. The van der Waals surface area contributed by atoms with Crippen molar-refractivity contribution in [3.63, 3.8) is 0 Å². The number of carbonyl (C=O) groups is 1. The van der Waals surface area contributed by atoms with Crippen LogP contribution in [0.2, 0.25) is 0 Å². The first-order valence-electron chi connectivity index (χ1n) is 12.6. The molecule has 1 aromatic rings. The molecule has 1 aromatic carbocycles. The van der Waals surface area contributed by atoms with Gasteiger partial charge in [-0.05, 0) is 62.5 Å². The summed E-state index contributed by atoms with van der Waals surface area (Å²) in [7, 11) is -2.15. The lowest BCUT2D eigenvalue weighted by atomic mass is 10.2. The molecule has 3 fully saturated rings. The molecule has 0 aromatic heterocycles. The van der Waals surface area contributed by atoms with Gasteiger partial charge in [-0.2, -0.15) is 4.31 Å². The zero-order valence-electron chi connectivity index (χ0n) is 20.3. The van der Waals surface area contributed by atoms with E-state index in [-0.39, 0.29) is 10.8 Å². The SMILES string of the molecule is COc1ccc(/C=C/C(=O)N2CCN(CCN3CCCC3)CC2)cc1S(=O)(=O)N1CCCCC1. The third-order valence-corrected chi connectivity index (χ3v) is 9.07. The second-order valence-corrected chi connectivity index (χ2v) is 11.3. The fourth-order valence-electron chi connectivity index (χ4n) is 5.00. The van der Waals surface area contributed by atoms with Crippen LogP contribution >= 0.6 is 0 Å². The zero-order chi connectivity index (χ0) is 24.0. The molecule has 3 aliphatic rings. The Morgan fingerprint density at radius 2 is 1.50 bits per heavy atom. The molecule has 4 rings (SSSR count). The van der Waals surface area contributed by atoms with Gasteiger partial charge in [-0.25, -0.2) is 8.42 Å². The van der Waals surface area contributed by atoms with Gasteiger partial charge in [0.1, 0.15) is 10.6 Å². The Morgan fingerprint density at radius 3 is 2.15 bits per heavy atom. The Morgan fingerprint density at radius 1 is 0.882 bits per heavy atom. The van der Waals surface area contributed by atoms with Gasteiger partial charge in [0.2, 0.25) is 15.9 Å². The number of piperazine rings is 1. The Hall–Kier alpha value is -1.94. The maximum atomic E-state index is 13.2. The van der Waals surface area contributed by atoms with Gasteiger partial charge in [0.15, 0.2) is 0 Å². The molecule has 0 aliphatic carbocycles. The average Bonchev–Trinajstić information content (AvgIpc) is 3.40. The fraction of sp³-hybridized carbons (Fsp3) is 0.640. The normalized spacial score (nSPS) is 21.4. The monoisotopic (exact) mass is 490 g/mol. The molecule has 0 unspecified atom stereocenters. The van der Waals surface area contributed by atoms with Crippen LogP contribution in [0, 0.1) is 0 Å². The summed E-state index contributed by atoms with van der Waals surface area (Å²) in [4.78, 5) is 19.8. The lowest BCUT2D eigenvalue weighted by Crippen LogP contribution is -2.49. The number of amides is 1. The Balaban J connectivity index is 1.35. The summed E-state index contributed by atoms with van der Waals surface area (Å²) >= 11 is 0. The minimum absolute atomic E-state index is 0.0320. The van der Waals surface area contributed by atoms with Crippen molar-refractivity contribution in [3.8, 4) is 5.75 Å². The van der Waals surface area contributed by atoms with Crippen molar-refractivity contribution in [1.82, 2.24) is 19.0 Å². The molecule has 34 heavy (non-hydrogen) atoms. The van der Waals surface area contributed by atoms with Crippen LogP contribution in [0.3, 0.4) is 0 Å². The van der Waals surface area contributed by atoms with Crippen LogP contribution in [0.25, 0.3) is 6.08 Å². The quantitative estimate of drug-likeness (QED) is 0.520. The number of nitrogens with zero attached hydrogens (tertiary/aromatic N) is 4. The molecule has 0 atom stereocenters. The molecule has 3 aliphatic heterocycles. The third-order valence-electron chi connectivity index (χ3n) is 7.15. The summed E-state index contributed by atoms with van der Waals surface area (Å²) in [6.07, 6.45) is 8.70. The van der Waals surface area contributed by atoms with E-state index in [1.807, 2.05) is 4.90 Å². The Kier molecular flexibility index (Phi) is 8.63. The van der Waals surface area contributed by atoms with E-state index in [1.54, 1.807) is 30.4 Å². The van der Waals surface area contributed by atoms with Crippen molar-refractivity contribution in [3.05, 3.63) is 29.8 Å². The first kappa shape index (κ1) is 25.2. The maximum Gasteiger partial charge on any atom is 0.246 e. The second kappa shape index (κ2) is 11.7. The second-order valence-electron chi connectivity index (χ2n) is 9.42. The highest BCUT2D eigenvalue weighted by Gasteiger charge is 2.29. The number of methoxy groups -OCH3 is 1. The predicted octanol–water partition coefficient (Wildman–Crippen LogP) is 2.12. The Bertz CT molecular complexity index is 961. The van der Waals surface area contributed by atoms with Crippen LogP contribution < -0.4 is 4.74 Å². The number of carbonyl (C=O) groups excluding carboxylic acids is 1. The van der Waals surface area contributed by atoms with E-state index in [9.17, 15) is 13.2 Å². The highest BCUT2D eigenvalue weighted by Crippen LogP contribution is 2.30. The molecule has 188 valence electrons. The van der Waals surface area contributed by atoms with Gasteiger partial charge >= 0.3 is 0 Å². The molecule has 0 bridgehead atoms. The summed E-state index contributed by atoms with van der Waals surface area (Å²) < 4.78 is 33.3. The van der Waals surface area contributed by atoms with Crippen molar-refractivity contribution in [1.29, 1.82) is 0 Å². The molecular weight excluding hydrogens is 452 g/mol. The van der Waals surface area contributed by atoms with E-state index >= 15 is 0 Å². The lowest BCUT2D eigenvalue weighted by Gasteiger charge is -2.35. The van der Waals surface area contributed by atoms with Crippen LogP contribution in [0.4, 0.5) is 0 Å². The summed E-state index contributed by atoms with van der Waals surface area (Å²) in [5.41, 5.74) is 0.675. The van der Waals surface area contributed by atoms with Crippen molar-refractivity contribution in [2.24, 2.45) is 0 Å². The van der Waals surface area contributed by atoms with Crippen LogP contribution in [0.1, 0.15) is 37.7 Å². The zero-order valence-corrected chi connectivity index (χ0v) is 21.1.